The molecule has 4 nitrogen and oxygen atoms in total. The quantitative estimate of drug-likeness (QED) is 0.374. The number of aliphatic imine (C=N–C) groups is 1. The van der Waals surface area contributed by atoms with Crippen molar-refractivity contribution < 1.29 is 4.63 Å². The largest absolute Gasteiger partial charge is 0.243 e. The van der Waals surface area contributed by atoms with Crippen LogP contribution in [0.5, 0.6) is 0 Å². The number of rotatable bonds is 1. The molecule has 5 heteroatoms. The van der Waals surface area contributed by atoms with Crippen LogP contribution in [0.2, 0.25) is 0 Å². The molecule has 44 valence electrons. The molecule has 1 aromatic heterocycles. The molecule has 0 aliphatic heterocycles. The molecule has 0 atom stereocenters. The highest BCUT2D eigenvalue weighted by Crippen LogP contribution is 1.96. The molecule has 0 bridgehead atoms. The minimum Gasteiger partial charge on any atom is -0.243 e. The van der Waals surface area contributed by atoms with Crippen molar-refractivity contribution in [2.24, 2.45) is 4.99 Å². The molecule has 0 N–H and O–H groups in total. The SMILES string of the molecule is [B]c1nonc1N=CC. The normalized spacial score (nSPS) is 10.8. The van der Waals surface area contributed by atoms with Crippen LogP contribution in [0.25, 0.3) is 0 Å². The Balaban J connectivity index is 2.94. The topological polar surface area (TPSA) is 51.3 Å². The van der Waals surface area contributed by atoms with Gasteiger partial charge in [-0.25, -0.2) is 9.62 Å². The second kappa shape index (κ2) is 2.43. The van der Waals surface area contributed by atoms with Gasteiger partial charge in [0.25, 0.3) is 0 Å². The summed E-state index contributed by atoms with van der Waals surface area (Å²) in [6, 6.07) is 0. The molecule has 0 unspecified atom stereocenters. The van der Waals surface area contributed by atoms with Gasteiger partial charge in [-0.3, -0.25) is 0 Å². The minimum atomic E-state index is 0.216. The highest BCUT2D eigenvalue weighted by molar-refractivity contribution is 6.33. The Morgan fingerprint density at radius 2 is 2.44 bits per heavy atom. The van der Waals surface area contributed by atoms with Gasteiger partial charge in [0.05, 0.1) is 5.59 Å². The number of hydrogen-bond donors (Lipinski definition) is 0. The molecule has 0 aliphatic rings. The summed E-state index contributed by atoms with van der Waals surface area (Å²) in [5, 5.41) is 6.71. The predicted molar refractivity (Wildman–Crippen MR) is 33.5 cm³/mol. The molecule has 2 radical (unpaired) electrons. The summed E-state index contributed by atoms with van der Waals surface area (Å²) in [7, 11) is 5.25. The zero-order valence-electron chi connectivity index (χ0n) is 4.90. The van der Waals surface area contributed by atoms with Gasteiger partial charge in [-0.1, -0.05) is 5.16 Å². The summed E-state index contributed by atoms with van der Waals surface area (Å²) in [4.78, 5) is 3.75. The van der Waals surface area contributed by atoms with Gasteiger partial charge in [0.15, 0.2) is 7.85 Å². The Morgan fingerprint density at radius 3 is 2.89 bits per heavy atom. The Hall–Kier alpha value is -1.13. The smallest absolute Gasteiger partial charge is 0.208 e. The van der Waals surface area contributed by atoms with E-state index in [1.807, 2.05) is 0 Å². The Labute approximate surface area is 53.3 Å². The maximum atomic E-state index is 5.25. The third-order valence-corrected chi connectivity index (χ3v) is 0.747. The van der Waals surface area contributed by atoms with Crippen molar-refractivity contribution in [2.75, 3.05) is 0 Å². The third kappa shape index (κ3) is 1.16. The Kier molecular flexibility index (Phi) is 1.62. The van der Waals surface area contributed by atoms with E-state index in [1.165, 1.54) is 0 Å². The van der Waals surface area contributed by atoms with Gasteiger partial charge in [-0.05, 0) is 12.1 Å². The number of aromatic nitrogens is 2. The summed E-state index contributed by atoms with van der Waals surface area (Å²) < 4.78 is 4.26. The highest BCUT2D eigenvalue weighted by atomic mass is 16.6. The van der Waals surface area contributed by atoms with Crippen molar-refractivity contribution in [1.29, 1.82) is 0 Å². The monoisotopic (exact) mass is 121 g/mol. The van der Waals surface area contributed by atoms with E-state index in [0.29, 0.717) is 5.82 Å². The highest BCUT2D eigenvalue weighted by Gasteiger charge is 1.98. The number of hydrogen-bond acceptors (Lipinski definition) is 4. The molecule has 0 saturated heterocycles. The zero-order valence-corrected chi connectivity index (χ0v) is 4.90. The van der Waals surface area contributed by atoms with Crippen LogP contribution in [0.15, 0.2) is 9.62 Å². The van der Waals surface area contributed by atoms with E-state index in [9.17, 15) is 0 Å². The predicted octanol–water partition coefficient (Wildman–Crippen LogP) is -0.414. The molecule has 0 amide bonds. The molecule has 0 fully saturated rings. The van der Waals surface area contributed by atoms with Crippen LogP contribution < -0.4 is 5.59 Å². The first-order chi connectivity index (χ1) is 4.34. The van der Waals surface area contributed by atoms with Crippen LogP contribution in [-0.2, 0) is 0 Å². The summed E-state index contributed by atoms with van der Waals surface area (Å²) in [6.45, 7) is 1.76. The molecule has 0 aliphatic carbocycles. The van der Waals surface area contributed by atoms with E-state index in [-0.39, 0.29) is 5.59 Å². The molecule has 0 aromatic carbocycles. The summed E-state index contributed by atoms with van der Waals surface area (Å²) in [5.41, 5.74) is 0.216. The lowest BCUT2D eigenvalue weighted by Crippen LogP contribution is -2.01. The summed E-state index contributed by atoms with van der Waals surface area (Å²) in [5.74, 6) is 0.331. The third-order valence-electron chi connectivity index (χ3n) is 0.747. The fraction of sp³-hybridized carbons (Fsp3) is 0.250. The summed E-state index contributed by atoms with van der Waals surface area (Å²) in [6.07, 6.45) is 1.57. The van der Waals surface area contributed by atoms with Crippen molar-refractivity contribution >= 4 is 25.5 Å². The average Bonchev–Trinajstić information content (AvgIpc) is 2.18. The molecule has 1 heterocycles. The van der Waals surface area contributed by atoms with Crippen LogP contribution in [-0.4, -0.2) is 24.4 Å². The van der Waals surface area contributed by atoms with Crippen molar-refractivity contribution in [2.45, 2.75) is 6.92 Å². The standard InChI is InChI=1S/C4H4BN3O/c1-2-6-4-3(5)7-9-8-4/h2H,1H3. The van der Waals surface area contributed by atoms with E-state index in [0.717, 1.165) is 0 Å². The fourth-order valence-electron chi connectivity index (χ4n) is 0.403. The molecule has 9 heavy (non-hydrogen) atoms. The second-order valence-corrected chi connectivity index (χ2v) is 1.36. The lowest BCUT2D eigenvalue weighted by molar-refractivity contribution is 0.311. The molecular formula is C4H4BN3O. The van der Waals surface area contributed by atoms with Crippen LogP contribution >= 0.6 is 0 Å². The first-order valence-electron chi connectivity index (χ1n) is 2.41. The van der Waals surface area contributed by atoms with Crippen molar-refractivity contribution in [3.05, 3.63) is 0 Å². The minimum absolute atomic E-state index is 0.216. The Morgan fingerprint density at radius 1 is 1.67 bits per heavy atom. The molecule has 0 saturated carbocycles. The molecule has 1 rings (SSSR count). The number of nitrogens with zero attached hydrogens (tertiary/aromatic N) is 3. The van der Waals surface area contributed by atoms with Gasteiger partial charge in [0.2, 0.25) is 5.82 Å². The second-order valence-electron chi connectivity index (χ2n) is 1.36. The first kappa shape index (κ1) is 6.00. The average molecular weight is 121 g/mol. The van der Waals surface area contributed by atoms with Crippen molar-refractivity contribution in [3.8, 4) is 0 Å². The molecule has 0 spiro atoms. The van der Waals surface area contributed by atoms with Gasteiger partial charge < -0.3 is 0 Å². The van der Waals surface area contributed by atoms with Gasteiger partial charge in [0.1, 0.15) is 0 Å². The van der Waals surface area contributed by atoms with Crippen molar-refractivity contribution in [3.63, 3.8) is 0 Å². The lowest BCUT2D eigenvalue weighted by Gasteiger charge is -1.77. The van der Waals surface area contributed by atoms with E-state index in [4.69, 9.17) is 7.85 Å². The van der Waals surface area contributed by atoms with Crippen LogP contribution in [0.1, 0.15) is 6.92 Å². The van der Waals surface area contributed by atoms with Crippen molar-refractivity contribution in [1.82, 2.24) is 10.3 Å². The molecular weight excluding hydrogens is 117 g/mol. The van der Waals surface area contributed by atoms with Crippen LogP contribution in [0, 0.1) is 0 Å². The van der Waals surface area contributed by atoms with Gasteiger partial charge >= 0.3 is 0 Å². The summed E-state index contributed by atoms with van der Waals surface area (Å²) >= 11 is 0. The van der Waals surface area contributed by atoms with E-state index in [2.05, 4.69) is 19.9 Å². The van der Waals surface area contributed by atoms with E-state index in [1.54, 1.807) is 13.1 Å². The fourth-order valence-corrected chi connectivity index (χ4v) is 0.403. The van der Waals surface area contributed by atoms with E-state index >= 15 is 0 Å². The Bertz CT molecular complexity index is 219. The maximum Gasteiger partial charge on any atom is 0.208 e. The first-order valence-corrected chi connectivity index (χ1v) is 2.41. The zero-order chi connectivity index (χ0) is 6.69. The lowest BCUT2D eigenvalue weighted by atomic mass is 10.1. The van der Waals surface area contributed by atoms with Crippen LogP contribution in [0.4, 0.5) is 5.82 Å². The molecule has 1 aromatic rings. The van der Waals surface area contributed by atoms with Crippen LogP contribution in [0.3, 0.4) is 0 Å². The van der Waals surface area contributed by atoms with Gasteiger partial charge in [0, 0.05) is 6.21 Å². The van der Waals surface area contributed by atoms with Gasteiger partial charge in [-0.15, -0.1) is 0 Å². The van der Waals surface area contributed by atoms with Gasteiger partial charge in [-0.2, -0.15) is 0 Å². The van der Waals surface area contributed by atoms with E-state index < -0.39 is 0 Å². The maximum absolute atomic E-state index is 5.25.